The maximum absolute atomic E-state index is 15.1. The third-order valence-electron chi connectivity index (χ3n) is 12.5. The summed E-state index contributed by atoms with van der Waals surface area (Å²) < 4.78 is 2.62. The van der Waals surface area contributed by atoms with Crippen molar-refractivity contribution in [2.45, 2.75) is 39.5 Å². The molecule has 2 aromatic heterocycles. The Kier molecular flexibility index (Phi) is 7.72. The molecule has 4 heterocycles. The van der Waals surface area contributed by atoms with Crippen LogP contribution in [-0.4, -0.2) is 38.5 Å². The van der Waals surface area contributed by atoms with Crippen LogP contribution in [0.4, 0.5) is 11.5 Å². The Morgan fingerprint density at radius 1 is 0.963 bits per heavy atom. The first kappa shape index (κ1) is 34.4. The number of halogens is 1. The van der Waals surface area contributed by atoms with Crippen LogP contribution in [0.15, 0.2) is 85.0 Å². The first-order chi connectivity index (χ1) is 25.8. The van der Waals surface area contributed by atoms with E-state index in [1.807, 2.05) is 56.3 Å². The predicted octanol–water partition coefficient (Wildman–Crippen LogP) is 8.36. The Labute approximate surface area is 321 Å². The van der Waals surface area contributed by atoms with Gasteiger partial charge in [0.25, 0.3) is 0 Å². The van der Waals surface area contributed by atoms with Crippen LogP contribution in [0, 0.1) is 42.9 Å². The molecule has 3 aromatic carbocycles. The predicted molar refractivity (Wildman–Crippen MR) is 210 cm³/mol. The van der Waals surface area contributed by atoms with E-state index in [9.17, 15) is 19.5 Å². The van der Waals surface area contributed by atoms with Gasteiger partial charge in [0.05, 0.1) is 33.7 Å². The number of benzene rings is 3. The van der Waals surface area contributed by atoms with Crippen LogP contribution in [0.2, 0.25) is 5.02 Å². The van der Waals surface area contributed by atoms with Gasteiger partial charge in [-0.3, -0.25) is 28.8 Å². The Bertz CT molecular complexity index is 2530. The summed E-state index contributed by atoms with van der Waals surface area (Å²) in [6, 6.07) is 20.1. The van der Waals surface area contributed by atoms with Crippen LogP contribution < -0.4 is 9.80 Å². The third-order valence-corrected chi connectivity index (χ3v) is 14.0. The number of nitrogens with zero attached hydrogens (tertiary/aromatic N) is 4. The molecule has 9 rings (SSSR count). The zero-order valence-corrected chi connectivity index (χ0v) is 31.7. The molecule has 6 atom stereocenters. The summed E-state index contributed by atoms with van der Waals surface area (Å²) in [6.45, 7) is 9.43. The number of hydrogen-bond acceptors (Lipinski definition) is 7. The lowest BCUT2D eigenvalue weighted by Gasteiger charge is -2.49. The van der Waals surface area contributed by atoms with E-state index in [0.717, 1.165) is 31.7 Å². The zero-order chi connectivity index (χ0) is 38.0. The van der Waals surface area contributed by atoms with Crippen molar-refractivity contribution < 1.29 is 24.3 Å². The van der Waals surface area contributed by atoms with Crippen LogP contribution in [0.3, 0.4) is 0 Å². The average Bonchev–Trinajstić information content (AvgIpc) is 3.83. The minimum Gasteiger partial charge on any atom is -0.507 e. The van der Waals surface area contributed by atoms with Gasteiger partial charge in [-0.25, -0.2) is 4.90 Å². The molecule has 272 valence electrons. The SMILES string of the molecule is C=Cc1ccc(N2C(=O)[C@H]3[C@H](CC=C4[C@H]3C[C@H]3C(=O)N(c5cc(-c6sc7ccc(Cl)cc7c6C)nn5C)C(=O)[C@@]3(C)[C@H]4c3cccc(C)c3O)C2=O)cc1. The molecule has 2 saturated heterocycles. The average molecular weight is 757 g/mol. The number of fused-ring (bicyclic) bond motifs is 5. The van der Waals surface area contributed by atoms with Crippen molar-refractivity contribution in [2.24, 2.45) is 36.1 Å². The second-order valence-electron chi connectivity index (χ2n) is 15.2. The smallest absolute Gasteiger partial charge is 0.242 e. The number of phenols is 1. The highest BCUT2D eigenvalue weighted by atomic mass is 35.5. The van der Waals surface area contributed by atoms with E-state index in [2.05, 4.69) is 6.58 Å². The van der Waals surface area contributed by atoms with Gasteiger partial charge >= 0.3 is 0 Å². The van der Waals surface area contributed by atoms with Gasteiger partial charge in [-0.2, -0.15) is 5.10 Å². The summed E-state index contributed by atoms with van der Waals surface area (Å²) in [5.74, 6) is -4.38. The zero-order valence-electron chi connectivity index (χ0n) is 30.2. The maximum atomic E-state index is 15.1. The van der Waals surface area contributed by atoms with Crippen molar-refractivity contribution in [3.05, 3.63) is 112 Å². The Morgan fingerprint density at radius 3 is 2.46 bits per heavy atom. The molecule has 54 heavy (non-hydrogen) atoms. The van der Waals surface area contributed by atoms with E-state index < -0.39 is 40.9 Å². The fraction of sp³-hybridized carbons (Fsp3) is 0.279. The van der Waals surface area contributed by atoms with Crippen molar-refractivity contribution in [2.75, 3.05) is 9.80 Å². The maximum Gasteiger partial charge on any atom is 0.242 e. The Balaban J connectivity index is 1.15. The number of hydrogen-bond donors (Lipinski definition) is 1. The van der Waals surface area contributed by atoms with Gasteiger partial charge in [-0.1, -0.05) is 66.2 Å². The Morgan fingerprint density at radius 2 is 1.72 bits per heavy atom. The van der Waals surface area contributed by atoms with Gasteiger partial charge in [0.1, 0.15) is 17.3 Å². The minimum absolute atomic E-state index is 0.0470. The second kappa shape index (κ2) is 12.1. The second-order valence-corrected chi connectivity index (χ2v) is 16.7. The summed E-state index contributed by atoms with van der Waals surface area (Å²) in [5, 5.41) is 18.1. The molecule has 4 amide bonds. The van der Waals surface area contributed by atoms with E-state index in [1.54, 1.807) is 66.4 Å². The molecule has 4 aliphatic rings. The van der Waals surface area contributed by atoms with Gasteiger partial charge in [-0.05, 0) is 91.9 Å². The number of thiophene rings is 1. The van der Waals surface area contributed by atoms with Gasteiger partial charge < -0.3 is 5.11 Å². The standard InChI is InChI=1S/C43H37ClN4O5S/c1-6-23-10-13-25(14-11-23)47-39(50)27-16-15-26-30(35(27)41(47)52)19-31-40(51)48(42(53)43(31,4)36(26)28-9-7-8-21(2)37(28)49)34-20-32(45-46(34)5)38-22(3)29-18-24(44)12-17-33(29)54-38/h6-15,17-18,20,27,30-31,35-36,49H,1,16,19H2,2-5H3/t27-,30+,31-,35-,36+,43+/m0/s1. The number of rotatable bonds is 5. The number of amides is 4. The third kappa shape index (κ3) is 4.65. The fourth-order valence-corrected chi connectivity index (χ4v) is 11.0. The lowest BCUT2D eigenvalue weighted by Crippen LogP contribution is -2.49. The number of aromatic hydroxyl groups is 1. The number of para-hydroxylation sites is 1. The summed E-state index contributed by atoms with van der Waals surface area (Å²) in [4.78, 5) is 61.9. The quantitative estimate of drug-likeness (QED) is 0.143. The van der Waals surface area contributed by atoms with Gasteiger partial charge in [-0.15, -0.1) is 11.3 Å². The van der Waals surface area contributed by atoms with Crippen molar-refractivity contribution in [3.8, 4) is 16.3 Å². The molecule has 0 radical (unpaired) electrons. The number of phenolic OH excluding ortho intramolecular Hbond substituents is 1. The molecular weight excluding hydrogens is 720 g/mol. The van der Waals surface area contributed by atoms with Crippen LogP contribution in [0.5, 0.6) is 5.75 Å². The van der Waals surface area contributed by atoms with Crippen LogP contribution in [-0.2, 0) is 26.2 Å². The first-order valence-corrected chi connectivity index (χ1v) is 19.2. The highest BCUT2D eigenvalue weighted by molar-refractivity contribution is 7.22. The molecule has 1 N–H and O–H groups in total. The molecule has 5 aromatic rings. The molecular formula is C43H37ClN4O5S. The molecule has 0 bridgehead atoms. The summed E-state index contributed by atoms with van der Waals surface area (Å²) in [5.41, 5.74) is 3.66. The molecule has 0 spiro atoms. The van der Waals surface area contributed by atoms with Crippen molar-refractivity contribution in [1.82, 2.24) is 9.78 Å². The van der Waals surface area contributed by atoms with Gasteiger partial charge in [0, 0.05) is 34.3 Å². The largest absolute Gasteiger partial charge is 0.507 e. The molecule has 11 heteroatoms. The van der Waals surface area contributed by atoms with Crippen LogP contribution in [0.25, 0.3) is 26.7 Å². The normalized spacial score (nSPS) is 26.3. The number of allylic oxidation sites excluding steroid dienone is 2. The lowest BCUT2D eigenvalue weighted by molar-refractivity contribution is -0.131. The number of imide groups is 2. The topological polar surface area (TPSA) is 113 Å². The van der Waals surface area contributed by atoms with E-state index in [0.29, 0.717) is 39.8 Å². The summed E-state index contributed by atoms with van der Waals surface area (Å²) in [6.07, 6.45) is 4.21. The van der Waals surface area contributed by atoms with Crippen molar-refractivity contribution in [1.29, 1.82) is 0 Å². The molecule has 2 aliphatic heterocycles. The van der Waals surface area contributed by atoms with Gasteiger partial charge in [0.2, 0.25) is 23.6 Å². The van der Waals surface area contributed by atoms with E-state index in [1.165, 1.54) is 9.80 Å². The fourth-order valence-electron chi connectivity index (χ4n) is 9.72. The first-order valence-electron chi connectivity index (χ1n) is 18.0. The van der Waals surface area contributed by atoms with Crippen molar-refractivity contribution in [3.63, 3.8) is 0 Å². The Hall–Kier alpha value is -5.32. The molecule has 0 unspecified atom stereocenters. The van der Waals surface area contributed by atoms with E-state index >= 15 is 4.79 Å². The minimum atomic E-state index is -1.31. The molecule has 9 nitrogen and oxygen atoms in total. The number of aromatic nitrogens is 2. The van der Waals surface area contributed by atoms with Crippen LogP contribution in [0.1, 0.15) is 47.9 Å². The summed E-state index contributed by atoms with van der Waals surface area (Å²) in [7, 11) is 1.72. The number of aryl methyl sites for hydroxylation is 3. The number of carbonyl (C=O) groups excluding carboxylic acids is 4. The highest BCUT2D eigenvalue weighted by Gasteiger charge is 2.68. The van der Waals surface area contributed by atoms with Crippen LogP contribution >= 0.6 is 22.9 Å². The number of anilines is 2. The monoisotopic (exact) mass is 756 g/mol. The highest BCUT2D eigenvalue weighted by Crippen LogP contribution is 2.64. The van der Waals surface area contributed by atoms with E-state index in [4.69, 9.17) is 16.7 Å². The lowest BCUT2D eigenvalue weighted by atomic mass is 9.51. The molecule has 2 aliphatic carbocycles. The van der Waals surface area contributed by atoms with Gasteiger partial charge in [0.15, 0.2) is 0 Å². The number of carbonyl (C=O) groups is 4. The molecule has 3 fully saturated rings. The van der Waals surface area contributed by atoms with Crippen molar-refractivity contribution >= 4 is 74.2 Å². The summed E-state index contributed by atoms with van der Waals surface area (Å²) >= 11 is 7.89. The molecule has 1 saturated carbocycles. The van der Waals surface area contributed by atoms with E-state index in [-0.39, 0.29) is 29.9 Å².